The van der Waals surface area contributed by atoms with Gasteiger partial charge in [-0.25, -0.2) is 4.68 Å². The highest BCUT2D eigenvalue weighted by Gasteiger charge is 2.34. The van der Waals surface area contributed by atoms with Gasteiger partial charge < -0.3 is 10.2 Å². The molecule has 0 fully saturated rings. The molecule has 7 nitrogen and oxygen atoms in total. The van der Waals surface area contributed by atoms with Crippen LogP contribution in [0.2, 0.25) is 0 Å². The molecule has 3 rings (SSSR count). The van der Waals surface area contributed by atoms with Gasteiger partial charge in [0.1, 0.15) is 6.33 Å². The summed E-state index contributed by atoms with van der Waals surface area (Å²) in [6.45, 7) is 0. The van der Waals surface area contributed by atoms with E-state index in [0.717, 1.165) is 6.07 Å². The zero-order valence-corrected chi connectivity index (χ0v) is 14.4. The van der Waals surface area contributed by atoms with Crippen LogP contribution in [0.25, 0.3) is 5.69 Å². The van der Waals surface area contributed by atoms with E-state index >= 15 is 0 Å². The summed E-state index contributed by atoms with van der Waals surface area (Å²) in [4.78, 5) is 14.0. The Hall–Kier alpha value is -3.43. The molecule has 0 radical (unpaired) electrons. The maximum atomic E-state index is 13.4. The minimum Gasteiger partial charge on any atom is -0.378 e. The quantitative estimate of drug-likeness (QED) is 0.758. The fourth-order valence-electron chi connectivity index (χ4n) is 2.42. The van der Waals surface area contributed by atoms with Crippen LogP contribution in [0.4, 0.5) is 24.5 Å². The molecule has 0 bridgehead atoms. The highest BCUT2D eigenvalue weighted by Crippen LogP contribution is 2.37. The molecule has 1 heterocycles. The highest BCUT2D eigenvalue weighted by molar-refractivity contribution is 6.05. The fraction of sp³-hybridized carbons (Fsp3) is 0.176. The molecule has 0 saturated heterocycles. The summed E-state index contributed by atoms with van der Waals surface area (Å²) < 4.78 is 41.5. The molecule has 27 heavy (non-hydrogen) atoms. The zero-order chi connectivity index (χ0) is 19.6. The molecular formula is C17H15F3N6O. The van der Waals surface area contributed by atoms with Crippen LogP contribution < -0.4 is 10.2 Å². The van der Waals surface area contributed by atoms with E-state index in [2.05, 4.69) is 20.8 Å². The molecule has 0 aliphatic rings. The van der Waals surface area contributed by atoms with Crippen LogP contribution in [-0.4, -0.2) is 40.2 Å². The zero-order valence-electron chi connectivity index (χ0n) is 14.4. The third-order valence-corrected chi connectivity index (χ3v) is 3.80. The van der Waals surface area contributed by atoms with Gasteiger partial charge in [-0.05, 0) is 46.8 Å². The van der Waals surface area contributed by atoms with Gasteiger partial charge in [0.2, 0.25) is 0 Å². The Kier molecular flexibility index (Phi) is 4.80. The number of tetrazole rings is 1. The van der Waals surface area contributed by atoms with E-state index in [1.807, 2.05) is 0 Å². The molecule has 1 aromatic heterocycles. The van der Waals surface area contributed by atoms with Gasteiger partial charge in [0, 0.05) is 25.3 Å². The van der Waals surface area contributed by atoms with Gasteiger partial charge in [0.25, 0.3) is 5.91 Å². The number of rotatable bonds is 4. The van der Waals surface area contributed by atoms with Crippen molar-refractivity contribution in [3.8, 4) is 5.69 Å². The summed E-state index contributed by atoms with van der Waals surface area (Å²) in [5.74, 6) is -0.673. The van der Waals surface area contributed by atoms with Crippen LogP contribution in [0.15, 0.2) is 48.8 Å². The molecule has 1 amide bonds. The van der Waals surface area contributed by atoms with Gasteiger partial charge in [-0.1, -0.05) is 6.07 Å². The highest BCUT2D eigenvalue weighted by atomic mass is 19.4. The number of hydrogen-bond acceptors (Lipinski definition) is 5. The van der Waals surface area contributed by atoms with Crippen LogP contribution in [0.3, 0.4) is 0 Å². The molecule has 0 spiro atoms. The predicted octanol–water partition coefficient (Wildman–Crippen LogP) is 3.00. The Morgan fingerprint density at radius 2 is 1.93 bits per heavy atom. The lowest BCUT2D eigenvalue weighted by Gasteiger charge is -2.18. The van der Waals surface area contributed by atoms with E-state index in [-0.39, 0.29) is 11.3 Å². The molecule has 0 saturated carbocycles. The first-order chi connectivity index (χ1) is 12.8. The van der Waals surface area contributed by atoms with E-state index in [0.29, 0.717) is 11.4 Å². The number of carbonyl (C=O) groups is 1. The standard InChI is InChI=1S/C17H15F3N6O/c1-25(2)12-6-7-15(14(9-12)17(18,19)20)22-16(27)11-4-3-5-13(8-11)26-10-21-23-24-26/h3-10H,1-2H3,(H,22,27). The van der Waals surface area contributed by atoms with Crippen LogP contribution in [-0.2, 0) is 6.18 Å². The van der Waals surface area contributed by atoms with Crippen molar-refractivity contribution in [2.24, 2.45) is 0 Å². The first-order valence-corrected chi connectivity index (χ1v) is 7.79. The number of nitrogens with one attached hydrogen (secondary N) is 1. The van der Waals surface area contributed by atoms with Crippen LogP contribution in [0.1, 0.15) is 15.9 Å². The fourth-order valence-corrected chi connectivity index (χ4v) is 2.42. The number of alkyl halides is 3. The van der Waals surface area contributed by atoms with E-state index < -0.39 is 17.6 Å². The van der Waals surface area contributed by atoms with Gasteiger partial charge in [0.15, 0.2) is 0 Å². The number of aromatic nitrogens is 4. The topological polar surface area (TPSA) is 75.9 Å². The third-order valence-electron chi connectivity index (χ3n) is 3.80. The van der Waals surface area contributed by atoms with Gasteiger partial charge in [-0.15, -0.1) is 5.10 Å². The van der Waals surface area contributed by atoms with Crippen molar-refractivity contribution in [3.05, 3.63) is 59.9 Å². The smallest absolute Gasteiger partial charge is 0.378 e. The SMILES string of the molecule is CN(C)c1ccc(NC(=O)c2cccc(-n3cnnn3)c2)c(C(F)(F)F)c1. The average Bonchev–Trinajstić information content (AvgIpc) is 3.15. The lowest BCUT2D eigenvalue weighted by molar-refractivity contribution is -0.136. The Balaban J connectivity index is 1.91. The van der Waals surface area contributed by atoms with E-state index in [9.17, 15) is 18.0 Å². The minimum absolute atomic E-state index is 0.174. The van der Waals surface area contributed by atoms with E-state index in [4.69, 9.17) is 0 Å². The van der Waals surface area contributed by atoms with Crippen molar-refractivity contribution in [3.63, 3.8) is 0 Å². The summed E-state index contributed by atoms with van der Waals surface area (Å²) in [6, 6.07) is 9.96. The maximum absolute atomic E-state index is 13.4. The van der Waals surface area contributed by atoms with Crippen molar-refractivity contribution in [1.82, 2.24) is 20.2 Å². The largest absolute Gasteiger partial charge is 0.418 e. The number of halogens is 3. The van der Waals surface area contributed by atoms with E-state index in [1.54, 1.807) is 31.1 Å². The molecule has 0 unspecified atom stereocenters. The lowest BCUT2D eigenvalue weighted by Crippen LogP contribution is -2.18. The summed E-state index contributed by atoms with van der Waals surface area (Å²) in [6.07, 6.45) is -3.26. The molecule has 0 atom stereocenters. The summed E-state index contributed by atoms with van der Waals surface area (Å²) in [5, 5.41) is 13.1. The Labute approximate surface area is 152 Å². The molecule has 10 heteroatoms. The van der Waals surface area contributed by atoms with Crippen molar-refractivity contribution in [2.75, 3.05) is 24.3 Å². The lowest BCUT2D eigenvalue weighted by atomic mass is 10.1. The first kappa shape index (κ1) is 18.4. The Morgan fingerprint density at radius 3 is 2.56 bits per heavy atom. The summed E-state index contributed by atoms with van der Waals surface area (Å²) in [7, 11) is 3.27. The van der Waals surface area contributed by atoms with Crippen molar-refractivity contribution in [2.45, 2.75) is 6.18 Å². The van der Waals surface area contributed by atoms with Crippen molar-refractivity contribution < 1.29 is 18.0 Å². The van der Waals surface area contributed by atoms with Crippen molar-refractivity contribution in [1.29, 1.82) is 0 Å². The van der Waals surface area contributed by atoms with Gasteiger partial charge in [-0.3, -0.25) is 4.79 Å². The molecule has 1 N–H and O–H groups in total. The second-order valence-corrected chi connectivity index (χ2v) is 5.88. The van der Waals surface area contributed by atoms with Gasteiger partial charge in [-0.2, -0.15) is 13.2 Å². The number of nitrogens with zero attached hydrogens (tertiary/aromatic N) is 5. The number of anilines is 2. The second-order valence-electron chi connectivity index (χ2n) is 5.88. The summed E-state index contributed by atoms with van der Waals surface area (Å²) >= 11 is 0. The molecule has 3 aromatic rings. The molecule has 2 aromatic carbocycles. The third kappa shape index (κ3) is 4.05. The molecular weight excluding hydrogens is 361 g/mol. The number of carbonyl (C=O) groups excluding carboxylic acids is 1. The van der Waals surface area contributed by atoms with E-state index in [1.165, 1.54) is 35.3 Å². The first-order valence-electron chi connectivity index (χ1n) is 7.79. The predicted molar refractivity (Wildman–Crippen MR) is 92.9 cm³/mol. The number of benzene rings is 2. The average molecular weight is 376 g/mol. The molecule has 140 valence electrons. The normalized spacial score (nSPS) is 11.3. The van der Waals surface area contributed by atoms with Crippen molar-refractivity contribution >= 4 is 17.3 Å². The van der Waals surface area contributed by atoms with Gasteiger partial charge in [0.05, 0.1) is 16.9 Å². The maximum Gasteiger partial charge on any atom is 0.418 e. The van der Waals surface area contributed by atoms with Crippen LogP contribution in [0, 0.1) is 0 Å². The van der Waals surface area contributed by atoms with Gasteiger partial charge >= 0.3 is 6.18 Å². The number of amides is 1. The Bertz CT molecular complexity index is 954. The van der Waals surface area contributed by atoms with Crippen LogP contribution in [0.5, 0.6) is 0 Å². The monoisotopic (exact) mass is 376 g/mol. The second kappa shape index (κ2) is 7.06. The minimum atomic E-state index is -4.61. The molecule has 0 aliphatic heterocycles. The summed E-state index contributed by atoms with van der Waals surface area (Å²) in [5.41, 5.74) is -0.176. The number of hydrogen-bond donors (Lipinski definition) is 1. The molecule has 0 aliphatic carbocycles. The Morgan fingerprint density at radius 1 is 1.15 bits per heavy atom. The van der Waals surface area contributed by atoms with Crippen LogP contribution >= 0.6 is 0 Å².